The largest absolute Gasteiger partial charge is 0.507 e. The SMILES string of the molecule is CCOc1ccc([C@@H]2C(=C(O)c3ccc(OC)c(OC)c3)C(=O)C(=O)N2CCCN2CCOCC2)cc1. The minimum atomic E-state index is -0.728. The van der Waals surface area contributed by atoms with Gasteiger partial charge in [-0.2, -0.15) is 0 Å². The maximum absolute atomic E-state index is 13.3. The maximum atomic E-state index is 13.3. The monoisotopic (exact) mass is 510 g/mol. The second-order valence-corrected chi connectivity index (χ2v) is 8.87. The predicted molar refractivity (Wildman–Crippen MR) is 138 cm³/mol. The molecule has 2 aromatic carbocycles. The Balaban J connectivity index is 1.70. The van der Waals surface area contributed by atoms with Crippen molar-refractivity contribution in [1.82, 2.24) is 9.80 Å². The minimum Gasteiger partial charge on any atom is -0.507 e. The lowest BCUT2D eigenvalue weighted by atomic mass is 9.95. The molecule has 0 bridgehead atoms. The smallest absolute Gasteiger partial charge is 0.295 e. The Morgan fingerprint density at radius 1 is 1.00 bits per heavy atom. The number of aliphatic hydroxyl groups excluding tert-OH is 1. The molecule has 9 heteroatoms. The quantitative estimate of drug-likeness (QED) is 0.296. The van der Waals surface area contributed by atoms with Crippen molar-refractivity contribution in [3.63, 3.8) is 0 Å². The number of likely N-dealkylation sites (tertiary alicyclic amines) is 1. The van der Waals surface area contributed by atoms with Crippen LogP contribution in [0, 0.1) is 0 Å². The zero-order chi connectivity index (χ0) is 26.4. The molecule has 4 rings (SSSR count). The average molecular weight is 511 g/mol. The Hall–Kier alpha value is -3.56. The van der Waals surface area contributed by atoms with E-state index in [1.165, 1.54) is 14.2 Å². The van der Waals surface area contributed by atoms with Crippen LogP contribution in [-0.4, -0.2) is 86.8 Å². The number of ketones is 1. The van der Waals surface area contributed by atoms with Crippen LogP contribution in [-0.2, 0) is 14.3 Å². The first-order chi connectivity index (χ1) is 18.0. The number of methoxy groups -OCH3 is 2. The minimum absolute atomic E-state index is 0.0488. The number of carbonyl (C=O) groups excluding carboxylic acids is 2. The van der Waals surface area contributed by atoms with E-state index in [9.17, 15) is 14.7 Å². The van der Waals surface area contributed by atoms with E-state index in [2.05, 4.69) is 4.90 Å². The zero-order valence-corrected chi connectivity index (χ0v) is 21.6. The number of Topliss-reactive ketones (excluding diaryl/α,β-unsaturated/α-hetero) is 1. The highest BCUT2D eigenvalue weighted by Crippen LogP contribution is 2.41. The molecule has 2 aliphatic heterocycles. The van der Waals surface area contributed by atoms with E-state index in [-0.39, 0.29) is 11.3 Å². The summed E-state index contributed by atoms with van der Waals surface area (Å²) in [6, 6.07) is 11.4. The first-order valence-corrected chi connectivity index (χ1v) is 12.5. The fourth-order valence-electron chi connectivity index (χ4n) is 4.80. The fourth-order valence-corrected chi connectivity index (χ4v) is 4.80. The van der Waals surface area contributed by atoms with Crippen LogP contribution < -0.4 is 14.2 Å². The van der Waals surface area contributed by atoms with E-state index in [4.69, 9.17) is 18.9 Å². The molecule has 0 saturated carbocycles. The van der Waals surface area contributed by atoms with Crippen LogP contribution in [0.5, 0.6) is 17.2 Å². The van der Waals surface area contributed by atoms with Gasteiger partial charge in [-0.3, -0.25) is 14.5 Å². The van der Waals surface area contributed by atoms with Crippen LogP contribution >= 0.6 is 0 Å². The van der Waals surface area contributed by atoms with Gasteiger partial charge in [0.05, 0.1) is 45.7 Å². The number of carbonyl (C=O) groups is 2. The first kappa shape index (κ1) is 26.5. The van der Waals surface area contributed by atoms with Crippen molar-refractivity contribution in [2.24, 2.45) is 0 Å². The molecule has 1 N–H and O–H groups in total. The van der Waals surface area contributed by atoms with Gasteiger partial charge >= 0.3 is 0 Å². The summed E-state index contributed by atoms with van der Waals surface area (Å²) in [6.07, 6.45) is 0.691. The van der Waals surface area contributed by atoms with Crippen LogP contribution in [0.4, 0.5) is 0 Å². The summed E-state index contributed by atoms with van der Waals surface area (Å²) < 4.78 is 21.6. The molecule has 1 atom stereocenters. The third-order valence-corrected chi connectivity index (χ3v) is 6.68. The van der Waals surface area contributed by atoms with Crippen molar-refractivity contribution in [2.45, 2.75) is 19.4 Å². The molecule has 0 spiro atoms. The Morgan fingerprint density at radius 3 is 2.35 bits per heavy atom. The van der Waals surface area contributed by atoms with E-state index < -0.39 is 17.7 Å². The normalized spacial score (nSPS) is 19.8. The summed E-state index contributed by atoms with van der Waals surface area (Å²) in [5, 5.41) is 11.3. The highest BCUT2D eigenvalue weighted by Gasteiger charge is 2.45. The molecule has 2 fully saturated rings. The molecule has 37 heavy (non-hydrogen) atoms. The van der Waals surface area contributed by atoms with E-state index in [1.807, 2.05) is 31.2 Å². The highest BCUT2D eigenvalue weighted by molar-refractivity contribution is 6.46. The van der Waals surface area contributed by atoms with Crippen LogP contribution in [0.3, 0.4) is 0 Å². The topological polar surface area (TPSA) is 97.8 Å². The molecule has 1 amide bonds. The summed E-state index contributed by atoms with van der Waals surface area (Å²) in [5.74, 6) is -0.000656. The molecular formula is C28H34N2O7. The van der Waals surface area contributed by atoms with Gasteiger partial charge in [0.1, 0.15) is 11.5 Å². The number of morpholine rings is 1. The van der Waals surface area contributed by atoms with E-state index in [0.29, 0.717) is 55.6 Å². The van der Waals surface area contributed by atoms with Crippen LogP contribution in [0.25, 0.3) is 5.76 Å². The number of aliphatic hydroxyl groups is 1. The van der Waals surface area contributed by atoms with Gasteiger partial charge in [0, 0.05) is 31.7 Å². The maximum Gasteiger partial charge on any atom is 0.295 e. The number of amides is 1. The van der Waals surface area contributed by atoms with E-state index in [1.54, 1.807) is 23.1 Å². The van der Waals surface area contributed by atoms with Crippen molar-refractivity contribution < 1.29 is 33.6 Å². The average Bonchev–Trinajstić information content (AvgIpc) is 3.18. The molecule has 9 nitrogen and oxygen atoms in total. The van der Waals surface area contributed by atoms with Crippen LogP contribution in [0.1, 0.15) is 30.5 Å². The second-order valence-electron chi connectivity index (χ2n) is 8.87. The first-order valence-electron chi connectivity index (χ1n) is 12.5. The Labute approximate surface area is 217 Å². The molecule has 198 valence electrons. The third kappa shape index (κ3) is 5.73. The highest BCUT2D eigenvalue weighted by atomic mass is 16.5. The number of hydrogen-bond acceptors (Lipinski definition) is 8. The summed E-state index contributed by atoms with van der Waals surface area (Å²) >= 11 is 0. The number of nitrogens with zero attached hydrogens (tertiary/aromatic N) is 2. The molecular weight excluding hydrogens is 476 g/mol. The van der Waals surface area contributed by atoms with Gasteiger partial charge in [0.15, 0.2) is 11.5 Å². The van der Waals surface area contributed by atoms with E-state index in [0.717, 1.165) is 25.2 Å². The molecule has 2 aliphatic rings. The van der Waals surface area contributed by atoms with Crippen LogP contribution in [0.15, 0.2) is 48.0 Å². The molecule has 2 heterocycles. The van der Waals surface area contributed by atoms with Crippen molar-refractivity contribution in [3.05, 3.63) is 59.2 Å². The van der Waals surface area contributed by atoms with Gasteiger partial charge in [-0.05, 0) is 49.2 Å². The fraction of sp³-hybridized carbons (Fsp3) is 0.429. The van der Waals surface area contributed by atoms with Crippen molar-refractivity contribution in [2.75, 3.05) is 60.2 Å². The Morgan fingerprint density at radius 2 is 1.70 bits per heavy atom. The number of hydrogen-bond donors (Lipinski definition) is 1. The Kier molecular flexibility index (Phi) is 8.68. The zero-order valence-electron chi connectivity index (χ0n) is 21.6. The number of rotatable bonds is 10. The number of benzene rings is 2. The van der Waals surface area contributed by atoms with Gasteiger partial charge in [0.2, 0.25) is 0 Å². The van der Waals surface area contributed by atoms with Gasteiger partial charge in [-0.1, -0.05) is 12.1 Å². The lowest BCUT2D eigenvalue weighted by Gasteiger charge is -2.29. The molecule has 0 radical (unpaired) electrons. The van der Waals surface area contributed by atoms with Crippen LogP contribution in [0.2, 0.25) is 0 Å². The van der Waals surface area contributed by atoms with Crippen molar-refractivity contribution >= 4 is 17.4 Å². The second kappa shape index (κ2) is 12.1. The molecule has 0 aliphatic carbocycles. The van der Waals surface area contributed by atoms with Gasteiger partial charge in [-0.15, -0.1) is 0 Å². The third-order valence-electron chi connectivity index (χ3n) is 6.68. The lowest BCUT2D eigenvalue weighted by molar-refractivity contribution is -0.140. The molecule has 0 unspecified atom stereocenters. The van der Waals surface area contributed by atoms with Gasteiger partial charge < -0.3 is 29.0 Å². The number of ether oxygens (including phenoxy) is 4. The molecule has 2 saturated heterocycles. The summed E-state index contributed by atoms with van der Waals surface area (Å²) in [6.45, 7) is 6.69. The van der Waals surface area contributed by atoms with E-state index >= 15 is 0 Å². The summed E-state index contributed by atoms with van der Waals surface area (Å²) in [4.78, 5) is 30.4. The van der Waals surface area contributed by atoms with Gasteiger partial charge in [0.25, 0.3) is 11.7 Å². The summed E-state index contributed by atoms with van der Waals surface area (Å²) in [7, 11) is 3.01. The van der Waals surface area contributed by atoms with Crippen molar-refractivity contribution in [3.8, 4) is 17.2 Å². The standard InChI is InChI=1S/C28H34N2O7/c1-4-37-21-9-6-19(7-10-21)25-24(26(31)20-8-11-22(34-2)23(18-20)35-3)27(32)28(33)30(25)13-5-12-29-14-16-36-17-15-29/h6-11,18,25,31H,4-5,12-17H2,1-3H3/t25-/m1/s1. The lowest BCUT2D eigenvalue weighted by Crippen LogP contribution is -2.38. The molecule has 0 aromatic heterocycles. The Bertz CT molecular complexity index is 1140. The van der Waals surface area contributed by atoms with Crippen molar-refractivity contribution in [1.29, 1.82) is 0 Å². The predicted octanol–water partition coefficient (Wildman–Crippen LogP) is 3.25. The summed E-state index contributed by atoms with van der Waals surface area (Å²) in [5.41, 5.74) is 1.13. The van der Waals surface area contributed by atoms with Gasteiger partial charge in [-0.25, -0.2) is 0 Å². The molecule has 2 aromatic rings.